The van der Waals surface area contributed by atoms with Crippen LogP contribution < -0.4 is 10.6 Å². The average Bonchev–Trinajstić information content (AvgIpc) is 2.75. The molecule has 152 valence electrons. The third kappa shape index (κ3) is 5.65. The predicted octanol–water partition coefficient (Wildman–Crippen LogP) is 4.84. The highest BCUT2D eigenvalue weighted by Crippen LogP contribution is 2.24. The van der Waals surface area contributed by atoms with Crippen LogP contribution in [0.15, 0.2) is 78.9 Å². The maximum atomic E-state index is 12.9. The Morgan fingerprint density at radius 2 is 1.57 bits per heavy atom. The van der Waals surface area contributed by atoms with Gasteiger partial charge < -0.3 is 15.5 Å². The van der Waals surface area contributed by atoms with Crippen LogP contribution in [0.25, 0.3) is 0 Å². The van der Waals surface area contributed by atoms with E-state index in [2.05, 4.69) is 10.6 Å². The number of hydrogen-bond acceptors (Lipinski definition) is 3. The lowest BCUT2D eigenvalue weighted by Gasteiger charge is -2.21. The summed E-state index contributed by atoms with van der Waals surface area (Å²) in [5, 5.41) is 6.69. The van der Waals surface area contributed by atoms with Crippen molar-refractivity contribution < 1.29 is 9.59 Å². The number of para-hydroxylation sites is 1. The largest absolute Gasteiger partial charge is 0.343 e. The molecule has 0 atom stereocenters. The first kappa shape index (κ1) is 21.5. The topological polar surface area (TPSA) is 61.4 Å². The molecule has 3 aromatic carbocycles. The number of likely N-dealkylation sites (N-methyl/N-ethyl adjacent to an activating group) is 1. The molecule has 3 aromatic rings. The molecule has 0 unspecified atom stereocenters. The molecule has 1 amide bonds. The standard InChI is InChI=1S/C23H20ClN3O2S/c1-27(23(30)25-18-10-6-3-7-11-18)15-21(28)26-20-13-12-17(24)14-19(20)22(29)16-8-4-2-5-9-16/h2-14H,15H2,1H3,(H,25,30)(H,26,28). The van der Waals surface area contributed by atoms with Gasteiger partial charge in [0.1, 0.15) is 0 Å². The van der Waals surface area contributed by atoms with Gasteiger partial charge in [-0.2, -0.15) is 0 Å². The minimum absolute atomic E-state index is 0.0141. The molecule has 0 aromatic heterocycles. The Hall–Kier alpha value is -3.22. The molecule has 0 aliphatic rings. The second-order valence-corrected chi connectivity index (χ2v) is 7.41. The van der Waals surface area contributed by atoms with E-state index < -0.39 is 0 Å². The second kappa shape index (κ2) is 10.0. The summed E-state index contributed by atoms with van der Waals surface area (Å²) in [5.41, 5.74) is 2.08. The summed E-state index contributed by atoms with van der Waals surface area (Å²) in [5.74, 6) is -0.526. The summed E-state index contributed by atoms with van der Waals surface area (Å²) >= 11 is 11.4. The molecule has 30 heavy (non-hydrogen) atoms. The molecule has 0 fully saturated rings. The fraction of sp³-hybridized carbons (Fsp3) is 0.0870. The highest BCUT2D eigenvalue weighted by molar-refractivity contribution is 7.80. The Morgan fingerprint density at radius 3 is 2.23 bits per heavy atom. The average molecular weight is 438 g/mol. The fourth-order valence-corrected chi connectivity index (χ4v) is 3.13. The van der Waals surface area contributed by atoms with E-state index in [0.717, 1.165) is 5.69 Å². The molecule has 0 saturated heterocycles. The lowest BCUT2D eigenvalue weighted by atomic mass is 10.0. The van der Waals surface area contributed by atoms with E-state index in [1.807, 2.05) is 36.4 Å². The number of anilines is 2. The lowest BCUT2D eigenvalue weighted by molar-refractivity contribution is -0.116. The number of amides is 1. The van der Waals surface area contributed by atoms with Crippen LogP contribution in [0, 0.1) is 0 Å². The van der Waals surface area contributed by atoms with Gasteiger partial charge in [0.25, 0.3) is 0 Å². The van der Waals surface area contributed by atoms with Gasteiger partial charge in [-0.05, 0) is 42.5 Å². The van der Waals surface area contributed by atoms with E-state index >= 15 is 0 Å². The van der Waals surface area contributed by atoms with Gasteiger partial charge >= 0.3 is 0 Å². The van der Waals surface area contributed by atoms with Crippen LogP contribution in [0.4, 0.5) is 11.4 Å². The van der Waals surface area contributed by atoms with Crippen molar-refractivity contribution in [2.24, 2.45) is 0 Å². The lowest BCUT2D eigenvalue weighted by Crippen LogP contribution is -2.37. The van der Waals surface area contributed by atoms with E-state index in [4.69, 9.17) is 23.8 Å². The summed E-state index contributed by atoms with van der Waals surface area (Å²) in [6, 6.07) is 23.1. The monoisotopic (exact) mass is 437 g/mol. The molecule has 2 N–H and O–H groups in total. The predicted molar refractivity (Wildman–Crippen MR) is 125 cm³/mol. The van der Waals surface area contributed by atoms with Crippen molar-refractivity contribution in [3.63, 3.8) is 0 Å². The summed E-state index contributed by atoms with van der Waals surface area (Å²) in [6.07, 6.45) is 0. The van der Waals surface area contributed by atoms with Gasteiger partial charge in [0, 0.05) is 28.9 Å². The summed E-state index contributed by atoms with van der Waals surface area (Å²) in [4.78, 5) is 27.1. The maximum Gasteiger partial charge on any atom is 0.243 e. The van der Waals surface area contributed by atoms with Gasteiger partial charge in [0.2, 0.25) is 5.91 Å². The third-order valence-electron chi connectivity index (χ3n) is 4.29. The molecule has 3 rings (SSSR count). The molecule has 7 heteroatoms. The Morgan fingerprint density at radius 1 is 0.933 bits per heavy atom. The van der Waals surface area contributed by atoms with Crippen LogP contribution in [-0.4, -0.2) is 35.3 Å². The summed E-state index contributed by atoms with van der Waals surface area (Å²) in [7, 11) is 1.72. The van der Waals surface area contributed by atoms with Crippen molar-refractivity contribution in [3.05, 3.63) is 95.0 Å². The van der Waals surface area contributed by atoms with Crippen molar-refractivity contribution in [3.8, 4) is 0 Å². The highest BCUT2D eigenvalue weighted by atomic mass is 35.5. The van der Waals surface area contributed by atoms with Crippen molar-refractivity contribution in [2.75, 3.05) is 24.2 Å². The molecule has 0 spiro atoms. The van der Waals surface area contributed by atoms with Crippen LogP contribution in [0.3, 0.4) is 0 Å². The molecule has 0 aliphatic carbocycles. The number of nitrogens with one attached hydrogen (secondary N) is 2. The van der Waals surface area contributed by atoms with Crippen molar-refractivity contribution in [1.29, 1.82) is 0 Å². The van der Waals surface area contributed by atoms with Crippen LogP contribution in [-0.2, 0) is 4.79 Å². The van der Waals surface area contributed by atoms with Crippen LogP contribution in [0.5, 0.6) is 0 Å². The van der Waals surface area contributed by atoms with E-state index in [1.54, 1.807) is 54.4 Å². The van der Waals surface area contributed by atoms with Gasteiger partial charge in [-0.1, -0.05) is 60.1 Å². The summed E-state index contributed by atoms with van der Waals surface area (Å²) in [6.45, 7) is 0.0141. The number of ketones is 1. The number of rotatable bonds is 6. The Labute approximate surface area is 185 Å². The van der Waals surface area contributed by atoms with Gasteiger partial charge in [-0.3, -0.25) is 9.59 Å². The molecule has 5 nitrogen and oxygen atoms in total. The zero-order chi connectivity index (χ0) is 21.5. The Bertz CT molecular complexity index is 1060. The van der Waals surface area contributed by atoms with Gasteiger partial charge in [0.05, 0.1) is 12.2 Å². The zero-order valence-corrected chi connectivity index (χ0v) is 17.8. The van der Waals surface area contributed by atoms with Crippen LogP contribution >= 0.6 is 23.8 Å². The molecule has 0 aliphatic heterocycles. The van der Waals surface area contributed by atoms with E-state index in [9.17, 15) is 9.59 Å². The van der Waals surface area contributed by atoms with Gasteiger partial charge in [-0.25, -0.2) is 0 Å². The number of carbonyl (C=O) groups is 2. The van der Waals surface area contributed by atoms with E-state index in [-0.39, 0.29) is 18.2 Å². The number of hydrogen-bond donors (Lipinski definition) is 2. The Kier molecular flexibility index (Phi) is 7.17. The quantitative estimate of drug-likeness (QED) is 0.427. The Balaban J connectivity index is 1.69. The second-order valence-electron chi connectivity index (χ2n) is 6.59. The summed E-state index contributed by atoms with van der Waals surface area (Å²) < 4.78 is 0. The zero-order valence-electron chi connectivity index (χ0n) is 16.3. The number of thiocarbonyl (C=S) groups is 1. The van der Waals surface area contributed by atoms with Gasteiger partial charge in [0.15, 0.2) is 10.9 Å². The minimum Gasteiger partial charge on any atom is -0.343 e. The van der Waals surface area contributed by atoms with Crippen molar-refractivity contribution >= 4 is 52.0 Å². The maximum absolute atomic E-state index is 12.9. The van der Waals surface area contributed by atoms with Crippen LogP contribution in [0.1, 0.15) is 15.9 Å². The number of benzene rings is 3. The van der Waals surface area contributed by atoms with Crippen LogP contribution in [0.2, 0.25) is 5.02 Å². The number of halogens is 1. The molecule has 0 radical (unpaired) electrons. The third-order valence-corrected chi connectivity index (χ3v) is 4.94. The van der Waals surface area contributed by atoms with E-state index in [1.165, 1.54) is 0 Å². The highest BCUT2D eigenvalue weighted by Gasteiger charge is 2.17. The molecule has 0 saturated carbocycles. The van der Waals surface area contributed by atoms with Gasteiger partial charge in [-0.15, -0.1) is 0 Å². The molecule has 0 bridgehead atoms. The van der Waals surface area contributed by atoms with E-state index in [0.29, 0.717) is 26.9 Å². The molecular formula is C23H20ClN3O2S. The first-order chi connectivity index (χ1) is 14.4. The number of carbonyl (C=O) groups excluding carboxylic acids is 2. The number of nitrogens with zero attached hydrogens (tertiary/aromatic N) is 1. The molecule has 0 heterocycles. The minimum atomic E-state index is -0.306. The van der Waals surface area contributed by atoms with Crippen molar-refractivity contribution in [2.45, 2.75) is 0 Å². The smallest absolute Gasteiger partial charge is 0.243 e. The normalized spacial score (nSPS) is 10.2. The van der Waals surface area contributed by atoms with Crippen molar-refractivity contribution in [1.82, 2.24) is 4.90 Å². The SMILES string of the molecule is CN(CC(=O)Nc1ccc(Cl)cc1C(=O)c1ccccc1)C(=S)Nc1ccccc1. The fourth-order valence-electron chi connectivity index (χ4n) is 2.78. The molecular weight excluding hydrogens is 418 g/mol. The first-order valence-electron chi connectivity index (χ1n) is 9.20. The first-order valence-corrected chi connectivity index (χ1v) is 9.99.